The van der Waals surface area contributed by atoms with Crippen LogP contribution in [0.4, 0.5) is 0 Å². The molecule has 21 heavy (non-hydrogen) atoms. The van der Waals surface area contributed by atoms with Crippen molar-refractivity contribution >= 4 is 0 Å². The lowest BCUT2D eigenvalue weighted by molar-refractivity contribution is 0.282. The molecule has 0 fully saturated rings. The number of hydrogen-bond acceptors (Lipinski definition) is 1. The summed E-state index contributed by atoms with van der Waals surface area (Å²) in [6, 6.07) is 7.84. The van der Waals surface area contributed by atoms with Gasteiger partial charge in [0, 0.05) is 12.0 Å². The highest BCUT2D eigenvalue weighted by Gasteiger charge is 1.92. The van der Waals surface area contributed by atoms with Crippen molar-refractivity contribution in [2.45, 2.75) is 77.7 Å². The molecular weight excluding hydrogens is 256 g/mol. The predicted molar refractivity (Wildman–Crippen MR) is 91.1 cm³/mol. The van der Waals surface area contributed by atoms with Crippen LogP contribution in [0.25, 0.3) is 0 Å². The van der Waals surface area contributed by atoms with E-state index in [1.807, 2.05) is 24.3 Å². The Labute approximate surface area is 130 Å². The predicted octanol–water partition coefficient (Wildman–Crippen LogP) is 5.45. The van der Waals surface area contributed by atoms with E-state index in [0.717, 1.165) is 17.5 Å². The molecule has 0 spiro atoms. The number of rotatable bonds is 10. The second-order valence-electron chi connectivity index (χ2n) is 5.74. The lowest BCUT2D eigenvalue weighted by atomic mass is 10.1. The molecule has 116 valence electrons. The van der Waals surface area contributed by atoms with Crippen LogP contribution in [-0.4, -0.2) is 5.11 Å². The van der Waals surface area contributed by atoms with Gasteiger partial charge in [-0.2, -0.15) is 0 Å². The summed E-state index contributed by atoms with van der Waals surface area (Å²) >= 11 is 0. The number of aliphatic hydroxyl groups is 1. The molecule has 0 aliphatic carbocycles. The van der Waals surface area contributed by atoms with Gasteiger partial charge in [-0.3, -0.25) is 0 Å². The first-order chi connectivity index (χ1) is 10.4. The number of hydrogen-bond donors (Lipinski definition) is 1. The van der Waals surface area contributed by atoms with E-state index < -0.39 is 0 Å². The molecular formula is C20H30O. The third-order valence-electron chi connectivity index (χ3n) is 3.75. The van der Waals surface area contributed by atoms with Crippen molar-refractivity contribution in [2.75, 3.05) is 0 Å². The molecule has 0 saturated carbocycles. The zero-order valence-electron chi connectivity index (χ0n) is 13.5. The molecule has 1 aromatic carbocycles. The Morgan fingerprint density at radius 3 is 2.24 bits per heavy atom. The molecule has 0 saturated heterocycles. The van der Waals surface area contributed by atoms with Gasteiger partial charge in [0.15, 0.2) is 0 Å². The average molecular weight is 286 g/mol. The zero-order valence-corrected chi connectivity index (χ0v) is 13.5. The van der Waals surface area contributed by atoms with Gasteiger partial charge in [-0.15, -0.1) is 0 Å². The Morgan fingerprint density at radius 1 is 0.905 bits per heavy atom. The second kappa shape index (κ2) is 12.5. The molecule has 0 amide bonds. The molecule has 1 rings (SSSR count). The van der Waals surface area contributed by atoms with E-state index in [-0.39, 0.29) is 6.61 Å². The summed E-state index contributed by atoms with van der Waals surface area (Å²) in [6.07, 6.45) is 13.2. The van der Waals surface area contributed by atoms with Crippen LogP contribution in [0.5, 0.6) is 0 Å². The van der Waals surface area contributed by atoms with Gasteiger partial charge in [-0.1, -0.05) is 82.3 Å². The van der Waals surface area contributed by atoms with Gasteiger partial charge < -0.3 is 5.11 Å². The summed E-state index contributed by atoms with van der Waals surface area (Å²) < 4.78 is 0. The summed E-state index contributed by atoms with van der Waals surface area (Å²) in [5.41, 5.74) is 1.95. The summed E-state index contributed by atoms with van der Waals surface area (Å²) in [5, 5.41) is 9.07. The third-order valence-corrected chi connectivity index (χ3v) is 3.75. The van der Waals surface area contributed by atoms with Crippen molar-refractivity contribution in [2.24, 2.45) is 0 Å². The fourth-order valence-electron chi connectivity index (χ4n) is 2.44. The minimum absolute atomic E-state index is 0.0910. The van der Waals surface area contributed by atoms with Crippen molar-refractivity contribution in [1.82, 2.24) is 0 Å². The Kier molecular flexibility index (Phi) is 10.6. The van der Waals surface area contributed by atoms with Gasteiger partial charge in [-0.05, 0) is 24.1 Å². The van der Waals surface area contributed by atoms with Crippen LogP contribution >= 0.6 is 0 Å². The number of aliphatic hydroxyl groups excluding tert-OH is 1. The lowest BCUT2D eigenvalue weighted by Crippen LogP contribution is -1.83. The highest BCUT2D eigenvalue weighted by atomic mass is 16.3. The van der Waals surface area contributed by atoms with Crippen molar-refractivity contribution in [3.05, 3.63) is 35.4 Å². The van der Waals surface area contributed by atoms with Crippen LogP contribution in [0.3, 0.4) is 0 Å². The highest BCUT2D eigenvalue weighted by Crippen LogP contribution is 2.10. The summed E-state index contributed by atoms with van der Waals surface area (Å²) in [7, 11) is 0. The largest absolute Gasteiger partial charge is 0.392 e. The van der Waals surface area contributed by atoms with Crippen LogP contribution in [0, 0.1) is 11.8 Å². The molecule has 0 aromatic heterocycles. The van der Waals surface area contributed by atoms with Crippen molar-refractivity contribution in [3.63, 3.8) is 0 Å². The molecule has 1 heteroatoms. The first-order valence-electron chi connectivity index (χ1n) is 8.55. The van der Waals surface area contributed by atoms with Gasteiger partial charge in [0.1, 0.15) is 0 Å². The summed E-state index contributed by atoms with van der Waals surface area (Å²) in [6.45, 7) is 2.36. The third kappa shape index (κ3) is 9.32. The topological polar surface area (TPSA) is 20.2 Å². The van der Waals surface area contributed by atoms with Crippen LogP contribution in [0.2, 0.25) is 0 Å². The molecule has 0 heterocycles. The van der Waals surface area contributed by atoms with Gasteiger partial charge in [0.25, 0.3) is 0 Å². The first kappa shape index (κ1) is 17.8. The maximum atomic E-state index is 9.07. The Hall–Kier alpha value is -1.26. The van der Waals surface area contributed by atoms with Gasteiger partial charge in [0.2, 0.25) is 0 Å². The lowest BCUT2D eigenvalue weighted by Gasteiger charge is -2.00. The van der Waals surface area contributed by atoms with Crippen molar-refractivity contribution in [3.8, 4) is 11.8 Å². The minimum Gasteiger partial charge on any atom is -0.392 e. The molecule has 0 bridgehead atoms. The van der Waals surface area contributed by atoms with Gasteiger partial charge in [-0.25, -0.2) is 0 Å². The smallest absolute Gasteiger partial charge is 0.0682 e. The fraction of sp³-hybridized carbons (Fsp3) is 0.600. The zero-order chi connectivity index (χ0) is 15.2. The fourth-order valence-corrected chi connectivity index (χ4v) is 2.44. The maximum absolute atomic E-state index is 9.07. The van der Waals surface area contributed by atoms with Gasteiger partial charge in [0.05, 0.1) is 6.61 Å². The Balaban J connectivity index is 2.03. The van der Waals surface area contributed by atoms with E-state index in [9.17, 15) is 0 Å². The highest BCUT2D eigenvalue weighted by molar-refractivity contribution is 5.36. The van der Waals surface area contributed by atoms with E-state index in [1.54, 1.807) is 0 Å². The van der Waals surface area contributed by atoms with Crippen molar-refractivity contribution < 1.29 is 5.11 Å². The molecule has 1 nitrogen and oxygen atoms in total. The van der Waals surface area contributed by atoms with E-state index >= 15 is 0 Å². The first-order valence-corrected chi connectivity index (χ1v) is 8.55. The van der Waals surface area contributed by atoms with E-state index in [4.69, 9.17) is 5.11 Å². The minimum atomic E-state index is 0.0910. The van der Waals surface area contributed by atoms with E-state index in [2.05, 4.69) is 18.8 Å². The van der Waals surface area contributed by atoms with E-state index in [0.29, 0.717) is 0 Å². The molecule has 0 aliphatic heterocycles. The molecule has 1 N–H and O–H groups in total. The summed E-state index contributed by atoms with van der Waals surface area (Å²) in [4.78, 5) is 0. The van der Waals surface area contributed by atoms with Crippen LogP contribution < -0.4 is 0 Å². The molecule has 0 radical (unpaired) electrons. The maximum Gasteiger partial charge on any atom is 0.0682 e. The van der Waals surface area contributed by atoms with E-state index in [1.165, 1.54) is 57.8 Å². The molecule has 1 aromatic rings. The average Bonchev–Trinajstić information content (AvgIpc) is 2.53. The second-order valence-corrected chi connectivity index (χ2v) is 5.74. The Morgan fingerprint density at radius 2 is 1.57 bits per heavy atom. The molecule has 0 unspecified atom stereocenters. The standard InChI is InChI=1S/C20H30O/c1-2-3-4-5-6-7-8-9-10-11-12-14-19-15-13-16-20(17-19)18-21/h13,15-17,21H,2-11,18H2,1H3. The quantitative estimate of drug-likeness (QED) is 0.448. The summed E-state index contributed by atoms with van der Waals surface area (Å²) in [5.74, 6) is 6.42. The number of unbranched alkanes of at least 4 members (excludes halogenated alkanes) is 9. The van der Waals surface area contributed by atoms with Gasteiger partial charge >= 0.3 is 0 Å². The normalized spacial score (nSPS) is 10.2. The van der Waals surface area contributed by atoms with Crippen LogP contribution in [0.15, 0.2) is 24.3 Å². The Bertz CT molecular complexity index is 425. The monoisotopic (exact) mass is 286 g/mol. The molecule has 0 atom stereocenters. The van der Waals surface area contributed by atoms with Crippen LogP contribution in [-0.2, 0) is 6.61 Å². The van der Waals surface area contributed by atoms with Crippen molar-refractivity contribution in [1.29, 1.82) is 0 Å². The number of benzene rings is 1. The molecule has 0 aliphatic rings. The SMILES string of the molecule is CCCCCCCCCCCC#Cc1cccc(CO)c1. The van der Waals surface area contributed by atoms with Crippen LogP contribution in [0.1, 0.15) is 82.3 Å².